The number of furan rings is 1. The molecule has 2 heterocycles. The van der Waals surface area contributed by atoms with Crippen molar-refractivity contribution in [2.75, 3.05) is 11.9 Å². The predicted molar refractivity (Wildman–Crippen MR) is 75.8 cm³/mol. The van der Waals surface area contributed by atoms with Gasteiger partial charge in [0.15, 0.2) is 0 Å². The first kappa shape index (κ1) is 13.8. The van der Waals surface area contributed by atoms with E-state index in [1.807, 2.05) is 6.07 Å². The summed E-state index contributed by atoms with van der Waals surface area (Å²) in [6, 6.07) is 8.91. The van der Waals surface area contributed by atoms with E-state index >= 15 is 0 Å². The van der Waals surface area contributed by atoms with Crippen LogP contribution in [-0.2, 0) is 11.2 Å². The molecule has 5 nitrogen and oxygen atoms in total. The summed E-state index contributed by atoms with van der Waals surface area (Å²) in [4.78, 5) is 16.0. The summed E-state index contributed by atoms with van der Waals surface area (Å²) in [5.41, 5.74) is 5.88. The third kappa shape index (κ3) is 4.26. The summed E-state index contributed by atoms with van der Waals surface area (Å²) in [6.45, 7) is 0.279. The van der Waals surface area contributed by atoms with Gasteiger partial charge in [0.05, 0.1) is 12.8 Å². The number of carbonyl (C=O) groups excluding carboxylic acids is 1. The third-order valence-corrected chi connectivity index (χ3v) is 2.51. The number of nitrogens with zero attached hydrogens (tertiary/aromatic N) is 1. The highest BCUT2D eigenvalue weighted by Gasteiger charge is 2.05. The molecule has 1 amide bonds. The quantitative estimate of drug-likeness (QED) is 0.825. The van der Waals surface area contributed by atoms with Crippen molar-refractivity contribution in [1.82, 2.24) is 4.98 Å². The lowest BCUT2D eigenvalue weighted by Crippen LogP contribution is -2.13. The fourth-order valence-electron chi connectivity index (χ4n) is 1.61. The number of aromatic nitrogens is 1. The first-order chi connectivity index (χ1) is 9.78. The molecule has 0 bridgehead atoms. The van der Waals surface area contributed by atoms with Crippen LogP contribution in [0.2, 0.25) is 0 Å². The molecule has 0 aromatic carbocycles. The van der Waals surface area contributed by atoms with Crippen LogP contribution in [0.1, 0.15) is 17.9 Å². The largest absolute Gasteiger partial charge is 0.469 e. The highest BCUT2D eigenvalue weighted by atomic mass is 16.3. The van der Waals surface area contributed by atoms with Crippen LogP contribution in [0.4, 0.5) is 5.82 Å². The van der Waals surface area contributed by atoms with Crippen LogP contribution < -0.4 is 11.1 Å². The van der Waals surface area contributed by atoms with Gasteiger partial charge in [-0.05, 0) is 30.2 Å². The number of aryl methyl sites for hydroxylation is 1. The summed E-state index contributed by atoms with van der Waals surface area (Å²) in [6.07, 6.45) is 2.49. The Morgan fingerprint density at radius 2 is 2.25 bits per heavy atom. The normalized spacial score (nSPS) is 9.65. The van der Waals surface area contributed by atoms with E-state index in [1.54, 1.807) is 30.5 Å². The zero-order valence-electron chi connectivity index (χ0n) is 10.9. The second kappa shape index (κ2) is 7.12. The molecule has 0 radical (unpaired) electrons. The van der Waals surface area contributed by atoms with E-state index < -0.39 is 0 Å². The average Bonchev–Trinajstić information content (AvgIpc) is 2.97. The Morgan fingerprint density at radius 3 is 3.00 bits per heavy atom. The maximum atomic E-state index is 11.8. The molecule has 0 saturated heterocycles. The molecule has 20 heavy (non-hydrogen) atoms. The van der Waals surface area contributed by atoms with Crippen LogP contribution in [0.15, 0.2) is 41.0 Å². The topological polar surface area (TPSA) is 81.1 Å². The fourth-order valence-corrected chi connectivity index (χ4v) is 1.61. The van der Waals surface area contributed by atoms with E-state index in [1.165, 1.54) is 0 Å². The molecule has 0 fully saturated rings. The number of hydrogen-bond donors (Lipinski definition) is 2. The number of carbonyl (C=O) groups is 1. The minimum atomic E-state index is -0.113. The van der Waals surface area contributed by atoms with Crippen LogP contribution in [0, 0.1) is 11.8 Å². The van der Waals surface area contributed by atoms with E-state index in [0.717, 1.165) is 5.76 Å². The summed E-state index contributed by atoms with van der Waals surface area (Å²) in [5, 5.41) is 2.73. The molecule has 0 aliphatic rings. The Morgan fingerprint density at radius 1 is 1.35 bits per heavy atom. The molecular weight excluding hydrogens is 254 g/mol. The SMILES string of the molecule is NCC#Cc1cccc(NC(=O)CCc2ccco2)n1. The second-order valence-corrected chi connectivity index (χ2v) is 4.04. The van der Waals surface area contributed by atoms with Gasteiger partial charge in [0.25, 0.3) is 0 Å². The summed E-state index contributed by atoms with van der Waals surface area (Å²) in [5.74, 6) is 6.70. The lowest BCUT2D eigenvalue weighted by atomic mass is 10.2. The molecule has 3 N–H and O–H groups in total. The minimum Gasteiger partial charge on any atom is -0.469 e. The number of anilines is 1. The number of rotatable bonds is 4. The first-order valence-electron chi connectivity index (χ1n) is 6.26. The average molecular weight is 269 g/mol. The number of hydrogen-bond acceptors (Lipinski definition) is 4. The van der Waals surface area contributed by atoms with E-state index in [2.05, 4.69) is 22.1 Å². The highest BCUT2D eigenvalue weighted by Crippen LogP contribution is 2.07. The Hall–Kier alpha value is -2.58. The van der Waals surface area contributed by atoms with Gasteiger partial charge in [-0.1, -0.05) is 12.0 Å². The van der Waals surface area contributed by atoms with Crippen molar-refractivity contribution in [3.8, 4) is 11.8 Å². The van der Waals surface area contributed by atoms with Crippen molar-refractivity contribution in [3.63, 3.8) is 0 Å². The molecule has 2 aromatic rings. The standard InChI is InChI=1S/C15H15N3O2/c16-10-2-5-12-4-1-7-14(17-12)18-15(19)9-8-13-6-3-11-20-13/h1,3-4,6-7,11H,8-10,16H2,(H,17,18,19). The van der Waals surface area contributed by atoms with Gasteiger partial charge in [-0.25, -0.2) is 4.98 Å². The van der Waals surface area contributed by atoms with E-state index in [-0.39, 0.29) is 12.5 Å². The molecule has 102 valence electrons. The zero-order chi connectivity index (χ0) is 14.2. The van der Waals surface area contributed by atoms with Crippen LogP contribution in [0.5, 0.6) is 0 Å². The van der Waals surface area contributed by atoms with E-state index in [9.17, 15) is 4.79 Å². The Bertz CT molecular complexity index is 624. The lowest BCUT2D eigenvalue weighted by molar-refractivity contribution is -0.116. The molecule has 0 unspecified atom stereocenters. The predicted octanol–water partition coefficient (Wildman–Crippen LogP) is 1.56. The van der Waals surface area contributed by atoms with Gasteiger partial charge >= 0.3 is 0 Å². The van der Waals surface area contributed by atoms with Crippen LogP contribution in [-0.4, -0.2) is 17.4 Å². The summed E-state index contributed by atoms with van der Waals surface area (Å²) < 4.78 is 5.17. The number of nitrogens with one attached hydrogen (secondary N) is 1. The first-order valence-corrected chi connectivity index (χ1v) is 6.26. The van der Waals surface area contributed by atoms with Crippen molar-refractivity contribution in [2.24, 2.45) is 5.73 Å². The van der Waals surface area contributed by atoms with Gasteiger partial charge in [-0.2, -0.15) is 0 Å². The molecule has 0 atom stereocenters. The molecule has 2 rings (SSSR count). The molecule has 0 aliphatic carbocycles. The molecule has 5 heteroatoms. The van der Waals surface area contributed by atoms with Crippen molar-refractivity contribution >= 4 is 11.7 Å². The summed E-state index contributed by atoms with van der Waals surface area (Å²) >= 11 is 0. The Labute approximate surface area is 117 Å². The molecule has 0 aliphatic heterocycles. The van der Waals surface area contributed by atoms with Crippen molar-refractivity contribution in [2.45, 2.75) is 12.8 Å². The molecule has 0 saturated carbocycles. The van der Waals surface area contributed by atoms with Crippen LogP contribution in [0.25, 0.3) is 0 Å². The van der Waals surface area contributed by atoms with E-state index in [0.29, 0.717) is 24.4 Å². The monoisotopic (exact) mass is 269 g/mol. The number of nitrogens with two attached hydrogens (primary N) is 1. The van der Waals surface area contributed by atoms with Crippen LogP contribution in [0.3, 0.4) is 0 Å². The molecule has 2 aromatic heterocycles. The molecule has 0 spiro atoms. The number of amides is 1. The third-order valence-electron chi connectivity index (χ3n) is 2.51. The fraction of sp³-hybridized carbons (Fsp3) is 0.200. The van der Waals surface area contributed by atoms with E-state index in [4.69, 9.17) is 10.2 Å². The van der Waals surface area contributed by atoms with Gasteiger partial charge in [0.2, 0.25) is 5.91 Å². The Kier molecular flexibility index (Phi) is 4.93. The van der Waals surface area contributed by atoms with Gasteiger partial charge < -0.3 is 15.5 Å². The maximum Gasteiger partial charge on any atom is 0.225 e. The van der Waals surface area contributed by atoms with Crippen molar-refractivity contribution < 1.29 is 9.21 Å². The zero-order valence-corrected chi connectivity index (χ0v) is 10.9. The smallest absolute Gasteiger partial charge is 0.225 e. The summed E-state index contributed by atoms with van der Waals surface area (Å²) in [7, 11) is 0. The number of pyridine rings is 1. The van der Waals surface area contributed by atoms with Crippen molar-refractivity contribution in [1.29, 1.82) is 0 Å². The van der Waals surface area contributed by atoms with Gasteiger partial charge in [0.1, 0.15) is 17.3 Å². The molecular formula is C15H15N3O2. The van der Waals surface area contributed by atoms with Gasteiger partial charge in [-0.15, -0.1) is 0 Å². The Balaban J connectivity index is 1.90. The van der Waals surface area contributed by atoms with Crippen LogP contribution >= 0.6 is 0 Å². The van der Waals surface area contributed by atoms with Gasteiger partial charge in [0, 0.05) is 12.8 Å². The second-order valence-electron chi connectivity index (χ2n) is 4.04. The highest BCUT2D eigenvalue weighted by molar-refractivity contribution is 5.89. The van der Waals surface area contributed by atoms with Gasteiger partial charge in [-0.3, -0.25) is 4.79 Å². The lowest BCUT2D eigenvalue weighted by Gasteiger charge is -2.03. The van der Waals surface area contributed by atoms with Crippen molar-refractivity contribution in [3.05, 3.63) is 48.0 Å². The minimum absolute atomic E-state index is 0.113. The maximum absolute atomic E-state index is 11.8.